The van der Waals surface area contributed by atoms with Gasteiger partial charge in [-0.2, -0.15) is 0 Å². The molecule has 1 aromatic heterocycles. The number of halogens is 2. The highest BCUT2D eigenvalue weighted by Gasteiger charge is 2.45. The maximum Gasteiger partial charge on any atom is 0.319 e. The average Bonchev–Trinajstić information content (AvgIpc) is 3.72. The normalized spacial score (nSPS) is 20.1. The van der Waals surface area contributed by atoms with Crippen LogP contribution in [0.5, 0.6) is 5.75 Å². The van der Waals surface area contributed by atoms with Gasteiger partial charge in [0.05, 0.1) is 24.5 Å². The van der Waals surface area contributed by atoms with E-state index in [9.17, 15) is 4.79 Å². The number of imidazole rings is 1. The highest BCUT2D eigenvalue weighted by molar-refractivity contribution is 6.35. The molecule has 3 heterocycles. The van der Waals surface area contributed by atoms with E-state index in [-0.39, 0.29) is 12.1 Å². The SMILES string of the molecule is Cc1ccc(NC(=O)NCCN2CCN(c3ccc(OCC4COC(Cn5ccnc5)(c5ccc(Cl)cc5Cl)O4)cc3)CC2)cc1. The Kier molecular flexibility index (Phi) is 10.3. The minimum atomic E-state index is -1.09. The van der Waals surface area contributed by atoms with Gasteiger partial charge in [0.25, 0.3) is 0 Å². The number of carbonyl (C=O) groups excluding carboxylic acids is 1. The fourth-order valence-electron chi connectivity index (χ4n) is 5.69. The molecule has 3 aromatic carbocycles. The molecule has 2 aliphatic heterocycles. The van der Waals surface area contributed by atoms with Crippen LogP contribution in [-0.4, -0.2) is 79.1 Å². The molecule has 2 aliphatic rings. The van der Waals surface area contributed by atoms with Gasteiger partial charge in [0.15, 0.2) is 0 Å². The summed E-state index contributed by atoms with van der Waals surface area (Å²) in [7, 11) is 0. The summed E-state index contributed by atoms with van der Waals surface area (Å²) < 4.78 is 20.8. The van der Waals surface area contributed by atoms with Gasteiger partial charge >= 0.3 is 6.03 Å². The Hall–Kier alpha value is -3.80. The fraction of sp³-hybridized carbons (Fsp3) is 0.353. The molecule has 2 unspecified atom stereocenters. The first-order chi connectivity index (χ1) is 22.3. The summed E-state index contributed by atoms with van der Waals surface area (Å²) in [5, 5.41) is 6.84. The van der Waals surface area contributed by atoms with E-state index in [4.69, 9.17) is 37.4 Å². The van der Waals surface area contributed by atoms with Gasteiger partial charge in [-0.3, -0.25) is 4.90 Å². The van der Waals surface area contributed by atoms with E-state index in [1.54, 1.807) is 24.7 Å². The van der Waals surface area contributed by atoms with Crippen LogP contribution in [0.2, 0.25) is 10.0 Å². The molecule has 0 bridgehead atoms. The van der Waals surface area contributed by atoms with Crippen LogP contribution >= 0.6 is 23.2 Å². The lowest BCUT2D eigenvalue weighted by molar-refractivity contribution is -0.189. The third-order valence-corrected chi connectivity index (χ3v) is 8.73. The van der Waals surface area contributed by atoms with Crippen molar-refractivity contribution in [2.75, 3.05) is 62.7 Å². The van der Waals surface area contributed by atoms with Crippen molar-refractivity contribution in [1.82, 2.24) is 19.8 Å². The zero-order valence-corrected chi connectivity index (χ0v) is 27.2. The summed E-state index contributed by atoms with van der Waals surface area (Å²) in [5.74, 6) is -0.329. The highest BCUT2D eigenvalue weighted by Crippen LogP contribution is 2.40. The Bertz CT molecular complexity index is 1580. The molecule has 4 aromatic rings. The largest absolute Gasteiger partial charge is 0.491 e. The summed E-state index contributed by atoms with van der Waals surface area (Å²) in [6, 6.07) is 21.0. The molecule has 6 rings (SSSR count). The summed E-state index contributed by atoms with van der Waals surface area (Å²) >= 11 is 12.7. The van der Waals surface area contributed by atoms with E-state index in [0.29, 0.717) is 41.9 Å². The summed E-state index contributed by atoms with van der Waals surface area (Å²) in [5.41, 5.74) is 3.81. The van der Waals surface area contributed by atoms with Crippen LogP contribution in [0.3, 0.4) is 0 Å². The number of hydrogen-bond donors (Lipinski definition) is 2. The fourth-order valence-corrected chi connectivity index (χ4v) is 6.24. The van der Waals surface area contributed by atoms with Crippen molar-refractivity contribution in [2.45, 2.75) is 25.4 Å². The van der Waals surface area contributed by atoms with Crippen molar-refractivity contribution in [2.24, 2.45) is 0 Å². The Labute approximate surface area is 279 Å². The van der Waals surface area contributed by atoms with Crippen LogP contribution in [-0.2, 0) is 21.8 Å². The van der Waals surface area contributed by atoms with Crippen LogP contribution in [0.15, 0.2) is 85.5 Å². The van der Waals surface area contributed by atoms with Crippen LogP contribution < -0.4 is 20.3 Å². The molecule has 2 amide bonds. The first-order valence-corrected chi connectivity index (χ1v) is 16.2. The average molecular weight is 666 g/mol. The molecule has 0 saturated carbocycles. The second kappa shape index (κ2) is 14.7. The predicted molar refractivity (Wildman–Crippen MR) is 180 cm³/mol. The van der Waals surface area contributed by atoms with Crippen molar-refractivity contribution in [3.05, 3.63) is 107 Å². The number of rotatable bonds is 11. The Morgan fingerprint density at radius 1 is 1.04 bits per heavy atom. The highest BCUT2D eigenvalue weighted by atomic mass is 35.5. The molecule has 242 valence electrons. The van der Waals surface area contributed by atoms with Gasteiger partial charge in [-0.25, -0.2) is 9.78 Å². The van der Waals surface area contributed by atoms with Crippen molar-refractivity contribution >= 4 is 40.6 Å². The van der Waals surface area contributed by atoms with Crippen LogP contribution in [0.1, 0.15) is 11.1 Å². The quantitative estimate of drug-likeness (QED) is 0.210. The summed E-state index contributed by atoms with van der Waals surface area (Å²) in [6.45, 7) is 8.16. The molecule has 0 aliphatic carbocycles. The molecule has 0 radical (unpaired) electrons. The third-order valence-electron chi connectivity index (χ3n) is 8.18. The number of nitrogens with zero attached hydrogens (tertiary/aromatic N) is 4. The monoisotopic (exact) mass is 664 g/mol. The van der Waals surface area contributed by atoms with Crippen LogP contribution in [0.25, 0.3) is 0 Å². The number of urea groups is 1. The van der Waals surface area contributed by atoms with Crippen molar-refractivity contribution < 1.29 is 19.0 Å². The molecule has 2 saturated heterocycles. The van der Waals surface area contributed by atoms with Crippen LogP contribution in [0, 0.1) is 6.92 Å². The number of ether oxygens (including phenoxy) is 3. The first-order valence-electron chi connectivity index (χ1n) is 15.4. The zero-order valence-electron chi connectivity index (χ0n) is 25.7. The summed E-state index contributed by atoms with van der Waals surface area (Å²) in [4.78, 5) is 21.1. The molecular weight excluding hydrogens is 627 g/mol. The molecule has 0 spiro atoms. The number of carbonyl (C=O) groups is 1. The number of aryl methyl sites for hydroxylation is 1. The second-order valence-corrected chi connectivity index (χ2v) is 12.4. The summed E-state index contributed by atoms with van der Waals surface area (Å²) in [6.07, 6.45) is 4.99. The molecular formula is C34H38Cl2N6O4. The number of piperazine rings is 1. The molecule has 46 heavy (non-hydrogen) atoms. The van der Waals surface area contributed by atoms with Gasteiger partial charge in [-0.05, 0) is 55.5 Å². The number of aromatic nitrogens is 2. The zero-order chi connectivity index (χ0) is 31.9. The van der Waals surface area contributed by atoms with Crippen LogP contribution in [0.4, 0.5) is 16.2 Å². The van der Waals surface area contributed by atoms with Gasteiger partial charge in [-0.1, -0.05) is 47.0 Å². The Morgan fingerprint density at radius 2 is 1.83 bits per heavy atom. The maximum atomic E-state index is 12.2. The van der Waals surface area contributed by atoms with E-state index >= 15 is 0 Å². The molecule has 10 nitrogen and oxygen atoms in total. The minimum absolute atomic E-state index is 0.184. The number of nitrogens with one attached hydrogen (secondary N) is 2. The van der Waals surface area contributed by atoms with Crippen molar-refractivity contribution in [3.8, 4) is 5.75 Å². The van der Waals surface area contributed by atoms with Gasteiger partial charge in [0, 0.05) is 73.6 Å². The van der Waals surface area contributed by atoms with E-state index < -0.39 is 5.79 Å². The van der Waals surface area contributed by atoms with E-state index in [2.05, 4.69) is 37.6 Å². The van der Waals surface area contributed by atoms with Gasteiger partial charge < -0.3 is 34.3 Å². The van der Waals surface area contributed by atoms with Gasteiger partial charge in [0.2, 0.25) is 5.79 Å². The Balaban J connectivity index is 0.947. The predicted octanol–water partition coefficient (Wildman–Crippen LogP) is 5.79. The standard InChI is InChI=1S/C34H38Cl2N6O4/c1-25-2-5-27(6-3-25)39-33(43)38-13-15-40-16-18-42(19-17-40)28-7-9-29(10-8-28)44-21-30-22-45-34(46-30,23-41-14-12-37-24-41)31-11-4-26(35)20-32(31)36/h2-12,14,20,24,30H,13,15-19,21-23H2,1H3,(H2,38,39,43). The lowest BCUT2D eigenvalue weighted by Crippen LogP contribution is -2.48. The maximum absolute atomic E-state index is 12.2. The molecule has 2 N–H and O–H groups in total. The minimum Gasteiger partial charge on any atom is -0.491 e. The van der Waals surface area contributed by atoms with E-state index in [1.807, 2.05) is 60.2 Å². The van der Waals surface area contributed by atoms with E-state index in [0.717, 1.165) is 55.4 Å². The first kappa shape index (κ1) is 32.2. The van der Waals surface area contributed by atoms with Gasteiger partial charge in [-0.15, -0.1) is 0 Å². The smallest absolute Gasteiger partial charge is 0.319 e. The Morgan fingerprint density at radius 3 is 2.54 bits per heavy atom. The molecule has 2 atom stereocenters. The lowest BCUT2D eigenvalue weighted by atomic mass is 10.1. The molecule has 2 fully saturated rings. The lowest BCUT2D eigenvalue weighted by Gasteiger charge is -2.36. The van der Waals surface area contributed by atoms with Crippen molar-refractivity contribution in [1.29, 1.82) is 0 Å². The van der Waals surface area contributed by atoms with Gasteiger partial charge in [0.1, 0.15) is 18.5 Å². The topological polar surface area (TPSA) is 93.1 Å². The number of amides is 2. The third kappa shape index (κ3) is 8.12. The number of benzene rings is 3. The molecule has 12 heteroatoms. The second-order valence-electron chi connectivity index (χ2n) is 11.5. The van der Waals surface area contributed by atoms with E-state index in [1.165, 1.54) is 0 Å². The number of anilines is 2. The van der Waals surface area contributed by atoms with Crippen molar-refractivity contribution in [3.63, 3.8) is 0 Å². The number of hydrogen-bond acceptors (Lipinski definition) is 7.